The number of aromatic nitrogens is 2. The van der Waals surface area contributed by atoms with Crippen molar-refractivity contribution in [2.24, 2.45) is 5.73 Å². The minimum atomic E-state index is -0.258. The smallest absolute Gasteiger partial charge is 0.157 e. The number of hydrogen-bond acceptors (Lipinski definition) is 3. The van der Waals surface area contributed by atoms with Crippen molar-refractivity contribution in [2.45, 2.75) is 13.3 Å². The highest BCUT2D eigenvalue weighted by Crippen LogP contribution is 2.20. The van der Waals surface area contributed by atoms with Gasteiger partial charge in [-0.1, -0.05) is 6.07 Å². The highest BCUT2D eigenvalue weighted by Gasteiger charge is 2.10. The average molecular weight is 249 g/mol. The van der Waals surface area contributed by atoms with E-state index >= 15 is 0 Å². The third-order valence-electron chi connectivity index (χ3n) is 2.61. The number of hydrogen-bond donors (Lipinski definition) is 1. The molecule has 0 bridgehead atoms. The molecule has 0 unspecified atom stereocenters. The molecule has 96 valence electrons. The molecule has 0 saturated carbocycles. The van der Waals surface area contributed by atoms with Gasteiger partial charge in [-0.05, 0) is 32.0 Å². The molecule has 0 aliphatic carbocycles. The Balaban J connectivity index is 2.39. The van der Waals surface area contributed by atoms with Crippen LogP contribution in [0.15, 0.2) is 30.6 Å². The van der Waals surface area contributed by atoms with E-state index in [4.69, 9.17) is 10.5 Å². The first-order valence-electron chi connectivity index (χ1n) is 5.91. The van der Waals surface area contributed by atoms with Crippen molar-refractivity contribution in [3.8, 4) is 11.4 Å². The van der Waals surface area contributed by atoms with E-state index in [2.05, 4.69) is 5.10 Å². The molecule has 1 aromatic carbocycles. The fraction of sp³-hybridized carbons (Fsp3) is 0.308. The zero-order valence-corrected chi connectivity index (χ0v) is 10.3. The lowest BCUT2D eigenvalue weighted by atomic mass is 10.1. The minimum Gasteiger partial charge on any atom is -0.491 e. The van der Waals surface area contributed by atoms with Crippen LogP contribution in [-0.4, -0.2) is 22.9 Å². The van der Waals surface area contributed by atoms with Crippen LogP contribution in [0, 0.1) is 5.82 Å². The van der Waals surface area contributed by atoms with Gasteiger partial charge in [-0.3, -0.25) is 0 Å². The molecule has 0 saturated heterocycles. The number of nitrogens with zero attached hydrogens (tertiary/aromatic N) is 2. The van der Waals surface area contributed by atoms with Gasteiger partial charge in [0.1, 0.15) is 5.82 Å². The van der Waals surface area contributed by atoms with Crippen molar-refractivity contribution >= 4 is 0 Å². The summed E-state index contributed by atoms with van der Waals surface area (Å²) in [6.45, 7) is 2.87. The van der Waals surface area contributed by atoms with Crippen LogP contribution in [0.25, 0.3) is 5.69 Å². The van der Waals surface area contributed by atoms with Crippen LogP contribution in [0.4, 0.5) is 4.39 Å². The first-order chi connectivity index (χ1) is 8.76. The van der Waals surface area contributed by atoms with Gasteiger partial charge in [-0.2, -0.15) is 5.10 Å². The Morgan fingerprint density at radius 1 is 1.44 bits per heavy atom. The second-order valence-corrected chi connectivity index (χ2v) is 3.83. The maximum absolute atomic E-state index is 13.7. The zero-order chi connectivity index (χ0) is 13.0. The average Bonchev–Trinajstić information content (AvgIpc) is 2.81. The van der Waals surface area contributed by atoms with Gasteiger partial charge >= 0.3 is 0 Å². The number of benzene rings is 1. The predicted octanol–water partition coefficient (Wildman–Crippen LogP) is 1.91. The van der Waals surface area contributed by atoms with Gasteiger partial charge in [0, 0.05) is 5.56 Å². The summed E-state index contributed by atoms with van der Waals surface area (Å²) in [7, 11) is 0. The molecule has 18 heavy (non-hydrogen) atoms. The topological polar surface area (TPSA) is 53.1 Å². The van der Waals surface area contributed by atoms with E-state index in [-0.39, 0.29) is 5.82 Å². The van der Waals surface area contributed by atoms with Gasteiger partial charge in [0.15, 0.2) is 5.75 Å². The molecule has 0 spiro atoms. The lowest BCUT2D eigenvalue weighted by Gasteiger charge is -2.09. The Kier molecular flexibility index (Phi) is 3.94. The number of halogens is 1. The number of rotatable bonds is 5. The third-order valence-corrected chi connectivity index (χ3v) is 2.61. The SMILES string of the molecule is CCOc1cnn(-c2cccc(F)c2CCN)c1. The van der Waals surface area contributed by atoms with Crippen molar-refractivity contribution in [3.05, 3.63) is 42.0 Å². The Hall–Kier alpha value is -1.88. The van der Waals surface area contributed by atoms with Crippen LogP contribution in [0.1, 0.15) is 12.5 Å². The van der Waals surface area contributed by atoms with Crippen molar-refractivity contribution in [3.63, 3.8) is 0 Å². The van der Waals surface area contributed by atoms with Crippen LogP contribution in [0.2, 0.25) is 0 Å². The second kappa shape index (κ2) is 5.64. The lowest BCUT2D eigenvalue weighted by molar-refractivity contribution is 0.340. The fourth-order valence-electron chi connectivity index (χ4n) is 1.83. The maximum atomic E-state index is 13.7. The van der Waals surface area contributed by atoms with Crippen LogP contribution >= 0.6 is 0 Å². The molecule has 0 atom stereocenters. The number of nitrogens with two attached hydrogens (primary N) is 1. The summed E-state index contributed by atoms with van der Waals surface area (Å²) in [4.78, 5) is 0. The first kappa shape index (κ1) is 12.6. The zero-order valence-electron chi connectivity index (χ0n) is 10.3. The molecule has 5 heteroatoms. The molecule has 0 radical (unpaired) electrons. The van der Waals surface area contributed by atoms with E-state index in [1.165, 1.54) is 6.07 Å². The molecular formula is C13H16FN3O. The highest BCUT2D eigenvalue weighted by atomic mass is 19.1. The summed E-state index contributed by atoms with van der Waals surface area (Å²) in [6, 6.07) is 4.91. The molecule has 0 aliphatic rings. The Morgan fingerprint density at radius 3 is 3.00 bits per heavy atom. The van der Waals surface area contributed by atoms with E-state index in [0.717, 1.165) is 0 Å². The maximum Gasteiger partial charge on any atom is 0.157 e. The fourth-order valence-corrected chi connectivity index (χ4v) is 1.83. The van der Waals surface area contributed by atoms with E-state index < -0.39 is 0 Å². The quantitative estimate of drug-likeness (QED) is 0.880. The third kappa shape index (κ3) is 2.51. The van der Waals surface area contributed by atoms with Crippen molar-refractivity contribution < 1.29 is 9.13 Å². The summed E-state index contributed by atoms with van der Waals surface area (Å²) in [5.41, 5.74) is 6.78. The molecular weight excluding hydrogens is 233 g/mol. The van der Waals surface area contributed by atoms with E-state index in [1.54, 1.807) is 23.1 Å². The molecule has 0 amide bonds. The lowest BCUT2D eigenvalue weighted by Crippen LogP contribution is -2.09. The molecule has 2 aromatic rings. The van der Waals surface area contributed by atoms with Crippen LogP contribution in [0.3, 0.4) is 0 Å². The molecule has 0 aliphatic heterocycles. The largest absolute Gasteiger partial charge is 0.491 e. The van der Waals surface area contributed by atoms with Crippen LogP contribution in [0.5, 0.6) is 5.75 Å². The van der Waals surface area contributed by atoms with Gasteiger partial charge in [-0.25, -0.2) is 9.07 Å². The summed E-state index contributed by atoms with van der Waals surface area (Å²) in [6.07, 6.45) is 3.82. The monoisotopic (exact) mass is 249 g/mol. The molecule has 1 aromatic heterocycles. The standard InChI is InChI=1S/C13H16FN3O/c1-2-18-10-8-16-17(9-10)13-5-3-4-12(14)11(13)6-7-15/h3-5,8-9H,2,6-7,15H2,1H3. The molecule has 4 nitrogen and oxygen atoms in total. The Morgan fingerprint density at radius 2 is 2.28 bits per heavy atom. The minimum absolute atomic E-state index is 0.258. The Bertz CT molecular complexity index is 525. The van der Waals surface area contributed by atoms with Gasteiger partial charge in [0.25, 0.3) is 0 Å². The Labute approximate surface area is 105 Å². The normalized spacial score (nSPS) is 10.6. The molecule has 1 heterocycles. The first-order valence-corrected chi connectivity index (χ1v) is 5.91. The van der Waals surface area contributed by atoms with Crippen LogP contribution < -0.4 is 10.5 Å². The molecule has 0 fully saturated rings. The van der Waals surface area contributed by atoms with Gasteiger partial charge in [-0.15, -0.1) is 0 Å². The van der Waals surface area contributed by atoms with E-state index in [0.29, 0.717) is 36.6 Å². The van der Waals surface area contributed by atoms with Gasteiger partial charge in [0.05, 0.1) is 24.7 Å². The van der Waals surface area contributed by atoms with Gasteiger partial charge in [0.2, 0.25) is 0 Å². The predicted molar refractivity (Wildman–Crippen MR) is 67.4 cm³/mol. The molecule has 2 N–H and O–H groups in total. The molecule has 2 rings (SSSR count). The van der Waals surface area contributed by atoms with Gasteiger partial charge < -0.3 is 10.5 Å². The number of ether oxygens (including phenoxy) is 1. The summed E-state index contributed by atoms with van der Waals surface area (Å²) < 4.78 is 20.7. The highest BCUT2D eigenvalue weighted by molar-refractivity contribution is 5.42. The van der Waals surface area contributed by atoms with Crippen LogP contribution in [-0.2, 0) is 6.42 Å². The van der Waals surface area contributed by atoms with E-state index in [1.807, 2.05) is 13.0 Å². The van der Waals surface area contributed by atoms with Crippen molar-refractivity contribution in [2.75, 3.05) is 13.2 Å². The summed E-state index contributed by atoms with van der Waals surface area (Å²) in [5, 5.41) is 4.17. The van der Waals surface area contributed by atoms with Crippen molar-refractivity contribution in [1.29, 1.82) is 0 Å². The second-order valence-electron chi connectivity index (χ2n) is 3.83. The summed E-state index contributed by atoms with van der Waals surface area (Å²) >= 11 is 0. The summed E-state index contributed by atoms with van der Waals surface area (Å²) in [5.74, 6) is 0.409. The van der Waals surface area contributed by atoms with E-state index in [9.17, 15) is 4.39 Å². The van der Waals surface area contributed by atoms with Crippen molar-refractivity contribution in [1.82, 2.24) is 9.78 Å².